The molecule has 8 nitrogen and oxygen atoms in total. The first-order chi connectivity index (χ1) is 11.6. The lowest BCUT2D eigenvalue weighted by atomic mass is 9.95. The summed E-state index contributed by atoms with van der Waals surface area (Å²) in [5.41, 5.74) is 0.353. The monoisotopic (exact) mass is 335 g/mol. The fraction of sp³-hybridized carbons (Fsp3) is 0.750. The third kappa shape index (κ3) is 4.11. The summed E-state index contributed by atoms with van der Waals surface area (Å²) in [4.78, 5) is 19.6. The van der Waals surface area contributed by atoms with Gasteiger partial charge in [0.1, 0.15) is 5.69 Å². The summed E-state index contributed by atoms with van der Waals surface area (Å²) < 4.78 is 5.58. The molecule has 2 heterocycles. The maximum absolute atomic E-state index is 11.4. The van der Waals surface area contributed by atoms with Gasteiger partial charge >= 0.3 is 5.69 Å². The first kappa shape index (κ1) is 16.9. The first-order valence-corrected chi connectivity index (χ1v) is 8.78. The minimum Gasteiger partial charge on any atom is -0.376 e. The summed E-state index contributed by atoms with van der Waals surface area (Å²) in [7, 11) is 0. The molecular formula is C16H25N5O3. The third-order valence-corrected chi connectivity index (χ3v) is 4.70. The Morgan fingerprint density at radius 3 is 2.67 bits per heavy atom. The van der Waals surface area contributed by atoms with E-state index in [1.165, 1.54) is 6.42 Å². The van der Waals surface area contributed by atoms with Crippen LogP contribution < -0.4 is 10.6 Å². The zero-order valence-electron chi connectivity index (χ0n) is 14.1. The zero-order valence-corrected chi connectivity index (χ0v) is 14.1. The van der Waals surface area contributed by atoms with Crippen LogP contribution in [0.1, 0.15) is 50.6 Å². The molecular weight excluding hydrogens is 310 g/mol. The van der Waals surface area contributed by atoms with Crippen LogP contribution >= 0.6 is 0 Å². The number of nitrogens with zero attached hydrogens (tertiary/aromatic N) is 3. The second-order valence-corrected chi connectivity index (χ2v) is 6.58. The van der Waals surface area contributed by atoms with Crippen LogP contribution in [0.2, 0.25) is 0 Å². The van der Waals surface area contributed by atoms with Crippen LogP contribution in [0.15, 0.2) is 0 Å². The largest absolute Gasteiger partial charge is 0.376 e. The number of hydrogen-bond donors (Lipinski definition) is 2. The van der Waals surface area contributed by atoms with Crippen molar-refractivity contribution in [1.29, 1.82) is 0 Å². The SMILES string of the molecule is Cc1nc(NC[C@H]2CCCO2)nc(NC2CCCCC2)c1[N+](=O)[O-]. The molecule has 1 aromatic heterocycles. The molecule has 0 radical (unpaired) electrons. The first-order valence-electron chi connectivity index (χ1n) is 8.78. The fourth-order valence-electron chi connectivity index (χ4n) is 3.42. The Bertz CT molecular complexity index is 583. The molecule has 24 heavy (non-hydrogen) atoms. The van der Waals surface area contributed by atoms with Gasteiger partial charge in [-0.25, -0.2) is 4.98 Å². The molecule has 8 heteroatoms. The molecule has 2 N–H and O–H groups in total. The van der Waals surface area contributed by atoms with Crippen molar-refractivity contribution in [3.63, 3.8) is 0 Å². The van der Waals surface area contributed by atoms with Gasteiger partial charge in [-0.1, -0.05) is 19.3 Å². The second-order valence-electron chi connectivity index (χ2n) is 6.58. The molecule has 1 saturated carbocycles. The molecule has 3 rings (SSSR count). The van der Waals surface area contributed by atoms with Crippen molar-refractivity contribution in [2.24, 2.45) is 0 Å². The highest BCUT2D eigenvalue weighted by atomic mass is 16.6. The Balaban J connectivity index is 1.75. The van der Waals surface area contributed by atoms with Crippen molar-refractivity contribution in [2.75, 3.05) is 23.8 Å². The van der Waals surface area contributed by atoms with E-state index in [9.17, 15) is 10.1 Å². The van der Waals surface area contributed by atoms with Crippen molar-refractivity contribution in [1.82, 2.24) is 9.97 Å². The Morgan fingerprint density at radius 2 is 2.00 bits per heavy atom. The predicted molar refractivity (Wildman–Crippen MR) is 91.4 cm³/mol. The smallest absolute Gasteiger partial charge is 0.332 e. The van der Waals surface area contributed by atoms with E-state index in [1.807, 2.05) is 0 Å². The number of ether oxygens (including phenoxy) is 1. The number of nitrogens with one attached hydrogen (secondary N) is 2. The van der Waals surface area contributed by atoms with E-state index in [-0.39, 0.29) is 17.8 Å². The maximum Gasteiger partial charge on any atom is 0.332 e. The second kappa shape index (κ2) is 7.74. The Morgan fingerprint density at radius 1 is 1.21 bits per heavy atom. The minimum atomic E-state index is -0.398. The number of aryl methyl sites for hydroxylation is 1. The van der Waals surface area contributed by atoms with Crippen LogP contribution in [0, 0.1) is 17.0 Å². The van der Waals surface area contributed by atoms with E-state index in [2.05, 4.69) is 20.6 Å². The van der Waals surface area contributed by atoms with Crippen LogP contribution in [0.25, 0.3) is 0 Å². The van der Waals surface area contributed by atoms with E-state index in [4.69, 9.17) is 4.74 Å². The summed E-state index contributed by atoms with van der Waals surface area (Å²) >= 11 is 0. The van der Waals surface area contributed by atoms with E-state index >= 15 is 0 Å². The highest BCUT2D eigenvalue weighted by Gasteiger charge is 2.25. The topological polar surface area (TPSA) is 102 Å². The molecule has 2 aliphatic rings. The van der Waals surface area contributed by atoms with Gasteiger partial charge in [-0.3, -0.25) is 10.1 Å². The Hall–Kier alpha value is -1.96. The summed E-state index contributed by atoms with van der Waals surface area (Å²) in [6.45, 7) is 3.07. The third-order valence-electron chi connectivity index (χ3n) is 4.70. The zero-order chi connectivity index (χ0) is 16.9. The van der Waals surface area contributed by atoms with Gasteiger partial charge in [0.2, 0.25) is 11.8 Å². The molecule has 132 valence electrons. The van der Waals surface area contributed by atoms with Gasteiger partial charge in [-0.2, -0.15) is 4.98 Å². The summed E-state index contributed by atoms with van der Waals surface area (Å²) in [5, 5.41) is 17.8. The van der Waals surface area contributed by atoms with Gasteiger partial charge in [0.15, 0.2) is 0 Å². The number of nitro groups is 1. The molecule has 1 atom stereocenters. The summed E-state index contributed by atoms with van der Waals surface area (Å²) in [5.74, 6) is 0.751. The molecule has 2 fully saturated rings. The van der Waals surface area contributed by atoms with Crippen molar-refractivity contribution in [3.05, 3.63) is 15.8 Å². The average Bonchev–Trinajstić information content (AvgIpc) is 3.06. The van der Waals surface area contributed by atoms with Gasteiger partial charge in [0, 0.05) is 19.2 Å². The van der Waals surface area contributed by atoms with Gasteiger partial charge in [0.05, 0.1) is 11.0 Å². The molecule has 1 aliphatic heterocycles. The fourth-order valence-corrected chi connectivity index (χ4v) is 3.42. The molecule has 0 unspecified atom stereocenters. The van der Waals surface area contributed by atoms with Crippen LogP contribution in [0.3, 0.4) is 0 Å². The van der Waals surface area contributed by atoms with Crippen molar-refractivity contribution in [2.45, 2.75) is 64.0 Å². The van der Waals surface area contributed by atoms with Gasteiger partial charge in [-0.15, -0.1) is 0 Å². The van der Waals surface area contributed by atoms with Gasteiger partial charge < -0.3 is 15.4 Å². The number of aromatic nitrogens is 2. The number of hydrogen-bond acceptors (Lipinski definition) is 7. The van der Waals surface area contributed by atoms with Crippen LogP contribution in [-0.4, -0.2) is 40.2 Å². The highest BCUT2D eigenvalue weighted by Crippen LogP contribution is 2.30. The van der Waals surface area contributed by atoms with E-state index in [1.54, 1.807) is 6.92 Å². The van der Waals surface area contributed by atoms with Crippen molar-refractivity contribution >= 4 is 17.5 Å². The normalized spacial score (nSPS) is 21.6. The highest BCUT2D eigenvalue weighted by molar-refractivity contribution is 5.61. The molecule has 0 spiro atoms. The molecule has 1 aromatic rings. The molecule has 0 amide bonds. The van der Waals surface area contributed by atoms with Gasteiger partial charge in [-0.05, 0) is 32.6 Å². The van der Waals surface area contributed by atoms with Crippen LogP contribution in [0.4, 0.5) is 17.5 Å². The predicted octanol–water partition coefficient (Wildman–Crippen LogP) is 3.03. The van der Waals surface area contributed by atoms with Crippen molar-refractivity contribution in [3.8, 4) is 0 Å². The molecule has 0 aromatic carbocycles. The lowest BCUT2D eigenvalue weighted by molar-refractivity contribution is -0.385. The van der Waals surface area contributed by atoms with Gasteiger partial charge in [0.25, 0.3) is 0 Å². The van der Waals surface area contributed by atoms with E-state index in [0.717, 1.165) is 45.1 Å². The number of anilines is 2. The van der Waals surface area contributed by atoms with E-state index in [0.29, 0.717) is 24.0 Å². The Labute approximate surface area is 141 Å². The summed E-state index contributed by atoms with van der Waals surface area (Å²) in [6.07, 6.45) is 7.85. The molecule has 1 aliphatic carbocycles. The minimum absolute atomic E-state index is 0.0248. The van der Waals surface area contributed by atoms with Crippen LogP contribution in [-0.2, 0) is 4.74 Å². The quantitative estimate of drug-likeness (QED) is 0.608. The van der Waals surface area contributed by atoms with Crippen molar-refractivity contribution < 1.29 is 9.66 Å². The standard InChI is InChI=1S/C16H25N5O3/c1-11-14(21(22)23)15(19-12-6-3-2-4-7-12)20-16(18-11)17-10-13-8-5-9-24-13/h12-13H,2-10H2,1H3,(H2,17,18,19,20)/t13-/m1/s1. The van der Waals surface area contributed by atoms with E-state index < -0.39 is 4.92 Å². The lowest BCUT2D eigenvalue weighted by Gasteiger charge is -2.23. The summed E-state index contributed by atoms with van der Waals surface area (Å²) in [6, 6.07) is 0.248. The maximum atomic E-state index is 11.4. The lowest BCUT2D eigenvalue weighted by Crippen LogP contribution is -2.25. The number of rotatable bonds is 6. The van der Waals surface area contributed by atoms with Crippen LogP contribution in [0.5, 0.6) is 0 Å². The molecule has 0 bridgehead atoms. The Kier molecular flexibility index (Phi) is 5.44. The average molecular weight is 335 g/mol. The molecule has 1 saturated heterocycles.